The van der Waals surface area contributed by atoms with Crippen LogP contribution in [0.2, 0.25) is 10.0 Å². The minimum absolute atomic E-state index is 0.0928. The van der Waals surface area contributed by atoms with Crippen LogP contribution in [0.1, 0.15) is 57.5 Å². The molecule has 2 aromatic heterocycles. The minimum Gasteiger partial charge on any atom is -0.493 e. The molecule has 0 bridgehead atoms. The lowest BCUT2D eigenvalue weighted by Gasteiger charge is -2.15. The Morgan fingerprint density at radius 1 is 1.03 bits per heavy atom. The van der Waals surface area contributed by atoms with E-state index in [-0.39, 0.29) is 17.5 Å². The Balaban J connectivity index is 1.32. The van der Waals surface area contributed by atoms with Gasteiger partial charge in [0.25, 0.3) is 5.91 Å². The number of aromatic nitrogens is 2. The number of carbonyl (C=O) groups is 2. The highest BCUT2D eigenvalue weighted by atomic mass is 35.5. The van der Waals surface area contributed by atoms with Crippen molar-refractivity contribution in [1.82, 2.24) is 15.5 Å². The third-order valence-corrected chi connectivity index (χ3v) is 6.66. The number of furan rings is 1. The first-order valence-electron chi connectivity index (χ1n) is 12.5. The Kier molecular flexibility index (Phi) is 10.1. The lowest BCUT2D eigenvalue weighted by molar-refractivity contribution is 0.0828. The maximum absolute atomic E-state index is 13.1. The number of rotatable bonds is 14. The summed E-state index contributed by atoms with van der Waals surface area (Å²) in [6.07, 6.45) is 4.17. The van der Waals surface area contributed by atoms with Crippen molar-refractivity contribution in [2.24, 2.45) is 5.73 Å². The number of unbranched alkanes of at least 4 members (excludes halogenated alkanes) is 1. The van der Waals surface area contributed by atoms with Gasteiger partial charge in [-0.25, -0.2) is 0 Å². The van der Waals surface area contributed by atoms with E-state index in [0.29, 0.717) is 61.1 Å². The van der Waals surface area contributed by atoms with Crippen LogP contribution < -0.4 is 15.8 Å². The number of ketones is 1. The van der Waals surface area contributed by atoms with E-state index in [2.05, 4.69) is 15.5 Å². The molecule has 0 saturated carbocycles. The fraction of sp³-hybridized carbons (Fsp3) is 0.286. The molecule has 204 valence electrons. The zero-order chi connectivity index (χ0) is 27.6. The molecule has 2 heterocycles. The van der Waals surface area contributed by atoms with Gasteiger partial charge in [-0.1, -0.05) is 46.6 Å². The zero-order valence-electron chi connectivity index (χ0n) is 21.1. The topological polar surface area (TPSA) is 133 Å². The van der Waals surface area contributed by atoms with E-state index in [0.717, 1.165) is 11.1 Å². The van der Waals surface area contributed by atoms with Crippen LogP contribution in [-0.4, -0.2) is 41.0 Å². The standard InChI is InChI=1S/C28H28Cl2N4O5/c29-21-11-8-19(16-22(21)30)12-15-37-20-9-6-18(7-10-20)17-25-33-27(34-39-25)26(35)23(4-1-2-13-31)32-28(36)24-5-3-14-38-24/h3,5-11,14,16,23H,1-2,4,12-13,15,17,31H2,(H,32,36)/t23-/m0/s1. The van der Waals surface area contributed by atoms with Gasteiger partial charge in [0.15, 0.2) is 5.76 Å². The van der Waals surface area contributed by atoms with Gasteiger partial charge >= 0.3 is 0 Å². The van der Waals surface area contributed by atoms with Gasteiger partial charge in [-0.05, 0) is 73.3 Å². The Morgan fingerprint density at radius 2 is 1.82 bits per heavy atom. The molecule has 4 aromatic rings. The minimum atomic E-state index is -0.833. The number of ether oxygens (including phenoxy) is 1. The van der Waals surface area contributed by atoms with Crippen molar-refractivity contribution in [1.29, 1.82) is 0 Å². The predicted octanol–water partition coefficient (Wildman–Crippen LogP) is 5.29. The molecule has 0 aliphatic heterocycles. The largest absolute Gasteiger partial charge is 0.493 e. The molecular formula is C28H28Cl2N4O5. The summed E-state index contributed by atoms with van der Waals surface area (Å²) in [4.78, 5) is 29.8. The Morgan fingerprint density at radius 3 is 2.54 bits per heavy atom. The summed E-state index contributed by atoms with van der Waals surface area (Å²) < 4.78 is 16.3. The number of carbonyl (C=O) groups excluding carboxylic acids is 2. The van der Waals surface area contributed by atoms with Crippen LogP contribution in [-0.2, 0) is 12.8 Å². The van der Waals surface area contributed by atoms with Gasteiger partial charge < -0.3 is 24.7 Å². The van der Waals surface area contributed by atoms with E-state index in [1.54, 1.807) is 12.1 Å². The van der Waals surface area contributed by atoms with E-state index in [1.807, 2.05) is 36.4 Å². The normalized spacial score (nSPS) is 11.8. The van der Waals surface area contributed by atoms with Crippen molar-refractivity contribution in [3.05, 3.63) is 99.5 Å². The summed E-state index contributed by atoms with van der Waals surface area (Å²) in [5.74, 6) is 0.0891. The first-order chi connectivity index (χ1) is 18.9. The van der Waals surface area contributed by atoms with Gasteiger partial charge in [-0.15, -0.1) is 0 Å². The van der Waals surface area contributed by atoms with Gasteiger partial charge in [-0.3, -0.25) is 9.59 Å². The van der Waals surface area contributed by atoms with Crippen molar-refractivity contribution in [2.45, 2.75) is 38.1 Å². The van der Waals surface area contributed by atoms with Crippen molar-refractivity contribution < 1.29 is 23.3 Å². The second kappa shape index (κ2) is 13.9. The fourth-order valence-electron chi connectivity index (χ4n) is 3.84. The summed E-state index contributed by atoms with van der Waals surface area (Å²) >= 11 is 12.0. The monoisotopic (exact) mass is 570 g/mol. The second-order valence-corrected chi connectivity index (χ2v) is 9.65. The Labute approximate surface area is 235 Å². The molecule has 1 amide bonds. The molecule has 4 rings (SSSR count). The molecule has 39 heavy (non-hydrogen) atoms. The first-order valence-corrected chi connectivity index (χ1v) is 13.3. The van der Waals surface area contributed by atoms with E-state index in [9.17, 15) is 9.59 Å². The van der Waals surface area contributed by atoms with E-state index in [4.69, 9.17) is 42.6 Å². The molecular weight excluding hydrogens is 543 g/mol. The summed E-state index contributed by atoms with van der Waals surface area (Å²) in [6.45, 7) is 0.968. The summed E-state index contributed by atoms with van der Waals surface area (Å²) in [7, 11) is 0. The highest BCUT2D eigenvalue weighted by molar-refractivity contribution is 6.42. The summed E-state index contributed by atoms with van der Waals surface area (Å²) in [5.41, 5.74) is 7.52. The van der Waals surface area contributed by atoms with E-state index >= 15 is 0 Å². The van der Waals surface area contributed by atoms with Crippen molar-refractivity contribution in [2.75, 3.05) is 13.2 Å². The van der Waals surface area contributed by atoms with Gasteiger partial charge in [0.2, 0.25) is 17.5 Å². The van der Waals surface area contributed by atoms with Crippen molar-refractivity contribution in [3.63, 3.8) is 0 Å². The highest BCUT2D eigenvalue weighted by Gasteiger charge is 2.27. The molecule has 0 fully saturated rings. The second-order valence-electron chi connectivity index (χ2n) is 8.83. The van der Waals surface area contributed by atoms with E-state index < -0.39 is 17.7 Å². The van der Waals surface area contributed by atoms with Crippen LogP contribution in [0.5, 0.6) is 5.75 Å². The number of benzene rings is 2. The molecule has 3 N–H and O–H groups in total. The van der Waals surface area contributed by atoms with Crippen LogP contribution in [0, 0.1) is 0 Å². The van der Waals surface area contributed by atoms with Crippen LogP contribution in [0.15, 0.2) is 69.8 Å². The van der Waals surface area contributed by atoms with Crippen LogP contribution in [0.3, 0.4) is 0 Å². The van der Waals surface area contributed by atoms with Gasteiger partial charge in [-0.2, -0.15) is 4.98 Å². The molecule has 2 aromatic carbocycles. The number of amides is 1. The summed E-state index contributed by atoms with van der Waals surface area (Å²) in [6, 6.07) is 15.3. The average Bonchev–Trinajstić information content (AvgIpc) is 3.64. The van der Waals surface area contributed by atoms with Crippen molar-refractivity contribution in [3.8, 4) is 5.75 Å². The predicted molar refractivity (Wildman–Crippen MR) is 146 cm³/mol. The lowest BCUT2D eigenvalue weighted by Crippen LogP contribution is -2.41. The third kappa shape index (κ3) is 8.16. The van der Waals surface area contributed by atoms with Crippen LogP contribution in [0.25, 0.3) is 0 Å². The molecule has 9 nitrogen and oxygen atoms in total. The molecule has 0 unspecified atom stereocenters. The molecule has 0 saturated heterocycles. The fourth-order valence-corrected chi connectivity index (χ4v) is 4.16. The molecule has 0 aliphatic carbocycles. The van der Waals surface area contributed by atoms with Crippen molar-refractivity contribution >= 4 is 34.9 Å². The molecule has 11 heteroatoms. The smallest absolute Gasteiger partial charge is 0.287 e. The first kappa shape index (κ1) is 28.4. The van der Waals surface area contributed by atoms with E-state index in [1.165, 1.54) is 12.3 Å². The number of hydrogen-bond acceptors (Lipinski definition) is 8. The van der Waals surface area contributed by atoms with Crippen LogP contribution in [0.4, 0.5) is 0 Å². The van der Waals surface area contributed by atoms with Crippen LogP contribution >= 0.6 is 23.2 Å². The molecule has 0 radical (unpaired) electrons. The number of halogens is 2. The molecule has 1 atom stereocenters. The number of nitrogens with two attached hydrogens (primary N) is 1. The third-order valence-electron chi connectivity index (χ3n) is 5.92. The average molecular weight is 571 g/mol. The maximum atomic E-state index is 13.1. The molecule has 0 spiro atoms. The van der Waals surface area contributed by atoms with Gasteiger partial charge in [0, 0.05) is 6.42 Å². The highest BCUT2D eigenvalue weighted by Crippen LogP contribution is 2.23. The number of nitrogens with one attached hydrogen (secondary N) is 1. The molecule has 0 aliphatic rings. The van der Waals surface area contributed by atoms with Gasteiger partial charge in [0.1, 0.15) is 5.75 Å². The number of hydrogen-bond donors (Lipinski definition) is 2. The number of nitrogens with zero attached hydrogens (tertiary/aromatic N) is 2. The summed E-state index contributed by atoms with van der Waals surface area (Å²) in [5, 5.41) is 7.60. The van der Waals surface area contributed by atoms with Gasteiger partial charge in [0.05, 0.1) is 35.4 Å². The Bertz CT molecular complexity index is 1370. The SMILES string of the molecule is NCCCC[C@H](NC(=O)c1ccco1)C(=O)c1noc(Cc2ccc(OCCc3ccc(Cl)c(Cl)c3)cc2)n1. The zero-order valence-corrected chi connectivity index (χ0v) is 22.6. The maximum Gasteiger partial charge on any atom is 0.287 e. The quantitative estimate of drug-likeness (QED) is 0.154. The lowest BCUT2D eigenvalue weighted by atomic mass is 10.0. The Hall–Kier alpha value is -3.66. The number of Topliss-reactive ketones (excluding diaryl/α,β-unsaturated/α-hetero) is 1.